The molecule has 0 aromatic heterocycles. The summed E-state index contributed by atoms with van der Waals surface area (Å²) in [7, 11) is 0. The molecule has 2 aromatic carbocycles. The van der Waals surface area contributed by atoms with Gasteiger partial charge < -0.3 is 0 Å². The molecule has 0 unspecified atom stereocenters. The maximum Gasteiger partial charge on any atom is -0.0152 e. The third-order valence-corrected chi connectivity index (χ3v) is 2.26. The Labute approximate surface area is 92.9 Å². The summed E-state index contributed by atoms with van der Waals surface area (Å²) in [5.74, 6) is 0. The van der Waals surface area contributed by atoms with Crippen LogP contribution < -0.4 is 0 Å². The number of hydrogen-bond donors (Lipinski definition) is 0. The Hall–Kier alpha value is -1.30. The van der Waals surface area contributed by atoms with Crippen molar-refractivity contribution in [2.45, 2.75) is 34.1 Å². The molecule has 0 aliphatic heterocycles. The van der Waals surface area contributed by atoms with E-state index in [1.54, 1.807) is 0 Å². The van der Waals surface area contributed by atoms with Crippen molar-refractivity contribution in [2.24, 2.45) is 0 Å². The van der Waals surface area contributed by atoms with Gasteiger partial charge in [0, 0.05) is 0 Å². The second kappa shape index (κ2) is 5.55. The average molecular weight is 200 g/mol. The molecule has 0 amide bonds. The van der Waals surface area contributed by atoms with Crippen LogP contribution >= 0.6 is 0 Å². The van der Waals surface area contributed by atoms with Crippen molar-refractivity contribution in [3.05, 3.63) is 47.5 Å². The molecule has 80 valence electrons. The van der Waals surface area contributed by atoms with Crippen LogP contribution in [0, 0.1) is 13.8 Å². The molecule has 0 saturated heterocycles. The molecule has 0 heteroatoms. The van der Waals surface area contributed by atoms with Gasteiger partial charge in [-0.3, -0.25) is 0 Å². The Kier molecular flexibility index (Phi) is 4.36. The summed E-state index contributed by atoms with van der Waals surface area (Å²) in [6.45, 7) is 8.54. The van der Waals surface area contributed by atoms with Crippen molar-refractivity contribution in [1.29, 1.82) is 0 Å². The minimum Gasteiger partial charge on any atom is -0.0656 e. The Balaban J connectivity index is 0.000000337. The lowest BCUT2D eigenvalue weighted by atomic mass is 10.0. The third kappa shape index (κ3) is 3.09. The van der Waals surface area contributed by atoms with E-state index in [2.05, 4.69) is 64.1 Å². The van der Waals surface area contributed by atoms with Gasteiger partial charge in [-0.1, -0.05) is 62.2 Å². The molecule has 0 fully saturated rings. The number of benzene rings is 2. The highest BCUT2D eigenvalue weighted by atomic mass is 14.0. The number of rotatable bonds is 0. The summed E-state index contributed by atoms with van der Waals surface area (Å²) in [6, 6.07) is 13.0. The van der Waals surface area contributed by atoms with E-state index in [0.717, 1.165) is 0 Å². The van der Waals surface area contributed by atoms with Gasteiger partial charge in [-0.15, -0.1) is 0 Å². The van der Waals surface area contributed by atoms with Crippen molar-refractivity contribution < 1.29 is 0 Å². The molecule has 0 atom stereocenters. The van der Waals surface area contributed by atoms with Crippen LogP contribution in [-0.2, 0) is 0 Å². The van der Waals surface area contributed by atoms with Crippen LogP contribution in [0.1, 0.15) is 31.4 Å². The monoisotopic (exact) mass is 200 g/mol. The van der Waals surface area contributed by atoms with Crippen molar-refractivity contribution in [3.8, 4) is 0 Å². The molecule has 2 rings (SSSR count). The fraction of sp³-hybridized carbons (Fsp3) is 0.333. The summed E-state index contributed by atoms with van der Waals surface area (Å²) in [5, 5.41) is 2.71. The van der Waals surface area contributed by atoms with Crippen molar-refractivity contribution in [2.75, 3.05) is 0 Å². The topological polar surface area (TPSA) is 0 Å². The maximum absolute atomic E-state index is 2.24. The minimum atomic E-state index is 1.25. The van der Waals surface area contributed by atoms with Crippen LogP contribution in [0.3, 0.4) is 0 Å². The summed E-state index contributed by atoms with van der Waals surface area (Å²) < 4.78 is 0. The molecule has 0 aliphatic carbocycles. The van der Waals surface area contributed by atoms with E-state index in [1.807, 2.05) is 0 Å². The van der Waals surface area contributed by atoms with Crippen LogP contribution in [0.25, 0.3) is 10.8 Å². The lowest BCUT2D eigenvalue weighted by Gasteiger charge is -2.01. The fourth-order valence-electron chi connectivity index (χ4n) is 1.54. The predicted octanol–water partition coefficient (Wildman–Crippen LogP) is 4.87. The minimum absolute atomic E-state index is 1.25. The summed E-state index contributed by atoms with van der Waals surface area (Å²) in [4.78, 5) is 0. The van der Waals surface area contributed by atoms with E-state index in [9.17, 15) is 0 Å². The Morgan fingerprint density at radius 1 is 0.933 bits per heavy atom. The first-order valence-corrected chi connectivity index (χ1v) is 5.65. The van der Waals surface area contributed by atoms with Gasteiger partial charge in [0.25, 0.3) is 0 Å². The predicted molar refractivity (Wildman–Crippen MR) is 69.4 cm³/mol. The fourth-order valence-corrected chi connectivity index (χ4v) is 1.54. The van der Waals surface area contributed by atoms with E-state index in [1.165, 1.54) is 28.3 Å². The molecule has 0 N–H and O–H groups in total. The normalized spacial score (nSPS) is 9.60. The SMILES string of the molecule is CCC.Cc1ccc2cccc(C)c2c1. The zero-order valence-corrected chi connectivity index (χ0v) is 10.2. The Bertz CT molecular complexity index is 427. The smallest absolute Gasteiger partial charge is 0.0152 e. The zero-order valence-electron chi connectivity index (χ0n) is 10.2. The first kappa shape index (κ1) is 11.8. The first-order chi connectivity index (χ1) is 7.19. The van der Waals surface area contributed by atoms with Crippen LogP contribution in [0.4, 0.5) is 0 Å². The molecule has 15 heavy (non-hydrogen) atoms. The second-order valence-electron chi connectivity index (χ2n) is 4.01. The number of hydrogen-bond acceptors (Lipinski definition) is 0. The summed E-state index contributed by atoms with van der Waals surface area (Å²) in [6.07, 6.45) is 1.25. The van der Waals surface area contributed by atoms with Crippen LogP contribution in [0.15, 0.2) is 36.4 Å². The summed E-state index contributed by atoms with van der Waals surface area (Å²) in [5.41, 5.74) is 2.69. The Morgan fingerprint density at radius 3 is 2.27 bits per heavy atom. The lowest BCUT2D eigenvalue weighted by Crippen LogP contribution is -1.78. The molecule has 0 spiro atoms. The molecule has 0 nitrogen and oxygen atoms in total. The van der Waals surface area contributed by atoms with Gasteiger partial charge in [0.1, 0.15) is 0 Å². The van der Waals surface area contributed by atoms with Gasteiger partial charge >= 0.3 is 0 Å². The third-order valence-electron chi connectivity index (χ3n) is 2.26. The highest BCUT2D eigenvalue weighted by Gasteiger charge is 1.95. The van der Waals surface area contributed by atoms with E-state index in [4.69, 9.17) is 0 Å². The average Bonchev–Trinajstić information content (AvgIpc) is 2.21. The van der Waals surface area contributed by atoms with Gasteiger partial charge in [0.2, 0.25) is 0 Å². The summed E-state index contributed by atoms with van der Waals surface area (Å²) >= 11 is 0. The highest BCUT2D eigenvalue weighted by Crippen LogP contribution is 2.18. The molecule has 0 radical (unpaired) electrons. The number of fused-ring (bicyclic) bond motifs is 1. The Morgan fingerprint density at radius 2 is 1.60 bits per heavy atom. The number of aryl methyl sites for hydroxylation is 2. The van der Waals surface area contributed by atoms with E-state index in [-0.39, 0.29) is 0 Å². The molecular formula is C15H20. The molecule has 0 heterocycles. The molecule has 0 bridgehead atoms. The van der Waals surface area contributed by atoms with Gasteiger partial charge in [-0.2, -0.15) is 0 Å². The molecule has 0 saturated carbocycles. The van der Waals surface area contributed by atoms with E-state index >= 15 is 0 Å². The van der Waals surface area contributed by atoms with Crippen molar-refractivity contribution >= 4 is 10.8 Å². The highest BCUT2D eigenvalue weighted by molar-refractivity contribution is 5.86. The van der Waals surface area contributed by atoms with E-state index < -0.39 is 0 Å². The van der Waals surface area contributed by atoms with Gasteiger partial charge in [0.05, 0.1) is 0 Å². The van der Waals surface area contributed by atoms with Crippen molar-refractivity contribution in [3.63, 3.8) is 0 Å². The lowest BCUT2D eigenvalue weighted by molar-refractivity contribution is 1.09. The second-order valence-corrected chi connectivity index (χ2v) is 4.01. The van der Waals surface area contributed by atoms with Crippen LogP contribution in [0.5, 0.6) is 0 Å². The standard InChI is InChI=1S/C12H12.C3H8/c1-9-6-7-11-5-3-4-10(2)12(11)8-9;1-3-2/h3-8H,1-2H3;3H2,1-2H3. The van der Waals surface area contributed by atoms with Gasteiger partial charge in [0.15, 0.2) is 0 Å². The molecule has 0 aliphatic rings. The quantitative estimate of drug-likeness (QED) is 0.569. The zero-order chi connectivity index (χ0) is 11.3. The van der Waals surface area contributed by atoms with Gasteiger partial charge in [-0.05, 0) is 30.2 Å². The van der Waals surface area contributed by atoms with Crippen LogP contribution in [0.2, 0.25) is 0 Å². The molecular weight excluding hydrogens is 180 g/mol. The first-order valence-electron chi connectivity index (χ1n) is 5.65. The maximum atomic E-state index is 2.24. The van der Waals surface area contributed by atoms with Gasteiger partial charge in [-0.25, -0.2) is 0 Å². The molecule has 2 aromatic rings. The van der Waals surface area contributed by atoms with Crippen molar-refractivity contribution in [1.82, 2.24) is 0 Å². The van der Waals surface area contributed by atoms with E-state index in [0.29, 0.717) is 0 Å². The largest absolute Gasteiger partial charge is 0.0656 e. The van der Waals surface area contributed by atoms with Crippen LogP contribution in [-0.4, -0.2) is 0 Å².